The molecule has 1 aliphatic rings. The number of hydrazine groups is 1. The number of carbonyl (C=O) groups excluding carboxylic acids is 1. The lowest BCUT2D eigenvalue weighted by molar-refractivity contribution is 0.0636. The molecule has 5 nitrogen and oxygen atoms in total. The van der Waals surface area contributed by atoms with E-state index < -0.39 is 17.3 Å². The molecule has 2 rings (SSSR count). The number of amides is 1. The van der Waals surface area contributed by atoms with Crippen LogP contribution in [0.5, 0.6) is 0 Å². The second kappa shape index (κ2) is 6.82. The van der Waals surface area contributed by atoms with Gasteiger partial charge in [0.05, 0.1) is 0 Å². The number of piperazine rings is 1. The molecule has 7 heteroatoms. The molecule has 116 valence electrons. The smallest absolute Gasteiger partial charge is 0.254 e. The number of benzene rings is 1. The number of nitrogens with two attached hydrogens (primary N) is 1. The average molecular weight is 298 g/mol. The van der Waals surface area contributed by atoms with E-state index in [9.17, 15) is 13.6 Å². The molecule has 0 unspecified atom stereocenters. The minimum absolute atomic E-state index is 0.00735. The summed E-state index contributed by atoms with van der Waals surface area (Å²) in [5, 5.41) is 0. The van der Waals surface area contributed by atoms with Crippen LogP contribution in [0.4, 0.5) is 14.5 Å². The third-order valence-electron chi connectivity index (χ3n) is 3.63. The summed E-state index contributed by atoms with van der Waals surface area (Å²) in [4.78, 5) is 16.2. The van der Waals surface area contributed by atoms with E-state index in [2.05, 4.69) is 11.8 Å². The largest absolute Gasteiger partial charge is 0.336 e. The Morgan fingerprint density at radius 1 is 1.24 bits per heavy atom. The molecule has 1 amide bonds. The molecule has 1 saturated heterocycles. The van der Waals surface area contributed by atoms with Crippen molar-refractivity contribution in [2.24, 2.45) is 5.84 Å². The number of carbonyl (C=O) groups is 1. The first kappa shape index (κ1) is 15.7. The minimum Gasteiger partial charge on any atom is -0.336 e. The Kier molecular flexibility index (Phi) is 5.08. The van der Waals surface area contributed by atoms with E-state index in [0.29, 0.717) is 13.1 Å². The SMILES string of the molecule is CCCN1CCN(C(=O)c2cc(F)c(NN)c(F)c2)CC1. The fourth-order valence-electron chi connectivity index (χ4n) is 2.51. The Hall–Kier alpha value is -1.73. The average Bonchev–Trinajstić information content (AvgIpc) is 2.47. The van der Waals surface area contributed by atoms with E-state index in [1.54, 1.807) is 4.90 Å². The van der Waals surface area contributed by atoms with Crippen LogP contribution in [0.2, 0.25) is 0 Å². The highest BCUT2D eigenvalue weighted by molar-refractivity contribution is 5.94. The van der Waals surface area contributed by atoms with Crippen LogP contribution in [0.25, 0.3) is 0 Å². The van der Waals surface area contributed by atoms with Crippen molar-refractivity contribution in [3.05, 3.63) is 29.3 Å². The van der Waals surface area contributed by atoms with Crippen LogP contribution in [0.3, 0.4) is 0 Å². The fourth-order valence-corrected chi connectivity index (χ4v) is 2.51. The number of anilines is 1. The van der Waals surface area contributed by atoms with Crippen molar-refractivity contribution in [2.45, 2.75) is 13.3 Å². The normalized spacial score (nSPS) is 16.1. The zero-order valence-electron chi connectivity index (χ0n) is 12.0. The van der Waals surface area contributed by atoms with E-state index in [4.69, 9.17) is 5.84 Å². The van der Waals surface area contributed by atoms with Gasteiger partial charge in [0.25, 0.3) is 5.91 Å². The zero-order chi connectivity index (χ0) is 15.4. The number of hydrogen-bond acceptors (Lipinski definition) is 4. The molecule has 0 bridgehead atoms. The van der Waals surface area contributed by atoms with E-state index in [1.807, 2.05) is 5.43 Å². The van der Waals surface area contributed by atoms with Gasteiger partial charge in [-0.2, -0.15) is 0 Å². The second-order valence-electron chi connectivity index (χ2n) is 5.09. The van der Waals surface area contributed by atoms with Crippen LogP contribution in [-0.4, -0.2) is 48.4 Å². The molecule has 0 radical (unpaired) electrons. The standard InChI is InChI=1S/C14H20F2N4O/c1-2-3-19-4-6-20(7-5-19)14(21)10-8-11(15)13(18-17)12(16)9-10/h8-9,18H,2-7,17H2,1H3. The van der Waals surface area contributed by atoms with Crippen LogP contribution in [0.1, 0.15) is 23.7 Å². The van der Waals surface area contributed by atoms with Gasteiger partial charge in [-0.1, -0.05) is 6.92 Å². The number of nitrogen functional groups attached to an aromatic ring is 1. The van der Waals surface area contributed by atoms with Gasteiger partial charge in [-0.3, -0.25) is 15.5 Å². The number of rotatable bonds is 4. The highest BCUT2D eigenvalue weighted by atomic mass is 19.1. The molecule has 21 heavy (non-hydrogen) atoms. The zero-order valence-corrected chi connectivity index (χ0v) is 12.0. The van der Waals surface area contributed by atoms with Crippen molar-refractivity contribution in [3.8, 4) is 0 Å². The molecule has 1 aliphatic heterocycles. The van der Waals surface area contributed by atoms with Gasteiger partial charge in [0.2, 0.25) is 0 Å². The summed E-state index contributed by atoms with van der Waals surface area (Å²) in [6.07, 6.45) is 1.07. The van der Waals surface area contributed by atoms with Gasteiger partial charge < -0.3 is 10.3 Å². The van der Waals surface area contributed by atoms with Crippen LogP contribution >= 0.6 is 0 Å². The summed E-state index contributed by atoms with van der Waals surface area (Å²) in [7, 11) is 0. The highest BCUT2D eigenvalue weighted by Crippen LogP contribution is 2.21. The van der Waals surface area contributed by atoms with Crippen molar-refractivity contribution >= 4 is 11.6 Å². The number of nitrogens with one attached hydrogen (secondary N) is 1. The van der Waals surface area contributed by atoms with Gasteiger partial charge in [0.1, 0.15) is 5.69 Å². The van der Waals surface area contributed by atoms with Crippen LogP contribution in [0.15, 0.2) is 12.1 Å². The van der Waals surface area contributed by atoms with Crippen LogP contribution < -0.4 is 11.3 Å². The topological polar surface area (TPSA) is 61.6 Å². The first-order valence-electron chi connectivity index (χ1n) is 7.04. The van der Waals surface area contributed by atoms with E-state index >= 15 is 0 Å². The summed E-state index contributed by atoms with van der Waals surface area (Å²) >= 11 is 0. The van der Waals surface area contributed by atoms with E-state index in [1.165, 1.54) is 0 Å². The quantitative estimate of drug-likeness (QED) is 0.652. The van der Waals surface area contributed by atoms with Gasteiger partial charge in [-0.25, -0.2) is 8.78 Å². The number of nitrogens with zero attached hydrogens (tertiary/aromatic N) is 2. The van der Waals surface area contributed by atoms with Crippen LogP contribution in [-0.2, 0) is 0 Å². The molecule has 0 saturated carbocycles. The molecule has 3 N–H and O–H groups in total. The van der Waals surface area contributed by atoms with Crippen molar-refractivity contribution < 1.29 is 13.6 Å². The predicted molar refractivity (Wildman–Crippen MR) is 76.8 cm³/mol. The van der Waals surface area contributed by atoms with E-state index in [-0.39, 0.29) is 11.5 Å². The lowest BCUT2D eigenvalue weighted by atomic mass is 10.1. The van der Waals surface area contributed by atoms with Crippen molar-refractivity contribution in [3.63, 3.8) is 0 Å². The second-order valence-corrected chi connectivity index (χ2v) is 5.09. The van der Waals surface area contributed by atoms with Crippen molar-refractivity contribution in [1.82, 2.24) is 9.80 Å². The Balaban J connectivity index is 2.07. The maximum Gasteiger partial charge on any atom is 0.254 e. The lowest BCUT2D eigenvalue weighted by Gasteiger charge is -2.34. The molecule has 0 aromatic heterocycles. The molecule has 0 atom stereocenters. The van der Waals surface area contributed by atoms with Crippen molar-refractivity contribution in [1.29, 1.82) is 0 Å². The molecule has 0 spiro atoms. The summed E-state index contributed by atoms with van der Waals surface area (Å²) in [6, 6.07) is 2.03. The van der Waals surface area contributed by atoms with Gasteiger partial charge in [0, 0.05) is 31.7 Å². The van der Waals surface area contributed by atoms with Gasteiger partial charge in [0.15, 0.2) is 11.6 Å². The van der Waals surface area contributed by atoms with Gasteiger partial charge in [-0.15, -0.1) is 0 Å². The van der Waals surface area contributed by atoms with Gasteiger partial charge >= 0.3 is 0 Å². The Labute approximate surface area is 122 Å². The molecule has 1 fully saturated rings. The summed E-state index contributed by atoms with van der Waals surface area (Å²) in [5.74, 6) is 2.94. The first-order valence-corrected chi connectivity index (χ1v) is 7.04. The highest BCUT2D eigenvalue weighted by Gasteiger charge is 2.23. The first-order chi connectivity index (χ1) is 10.1. The summed E-state index contributed by atoms with van der Waals surface area (Å²) in [6.45, 7) is 5.82. The maximum absolute atomic E-state index is 13.6. The molecule has 1 heterocycles. The lowest BCUT2D eigenvalue weighted by Crippen LogP contribution is -2.48. The number of halogens is 2. The van der Waals surface area contributed by atoms with Gasteiger partial charge in [-0.05, 0) is 25.1 Å². The molecule has 0 aliphatic carbocycles. The third kappa shape index (κ3) is 3.48. The monoisotopic (exact) mass is 298 g/mol. The molecule has 1 aromatic carbocycles. The van der Waals surface area contributed by atoms with Crippen molar-refractivity contribution in [2.75, 3.05) is 38.1 Å². The Bertz CT molecular complexity index is 493. The fraction of sp³-hybridized carbons (Fsp3) is 0.500. The predicted octanol–water partition coefficient (Wildman–Crippen LogP) is 1.42. The third-order valence-corrected chi connectivity index (χ3v) is 3.63. The van der Waals surface area contributed by atoms with E-state index in [0.717, 1.165) is 38.2 Å². The molecular formula is C14H20F2N4O. The Morgan fingerprint density at radius 2 is 1.81 bits per heavy atom. The summed E-state index contributed by atoms with van der Waals surface area (Å²) < 4.78 is 27.3. The van der Waals surface area contributed by atoms with Crippen LogP contribution in [0, 0.1) is 11.6 Å². The Morgan fingerprint density at radius 3 is 2.29 bits per heavy atom. The maximum atomic E-state index is 13.6. The molecule has 1 aromatic rings. The minimum atomic E-state index is -0.870. The summed E-state index contributed by atoms with van der Waals surface area (Å²) in [5.41, 5.74) is 1.52. The number of hydrogen-bond donors (Lipinski definition) is 2. The molecular weight excluding hydrogens is 278 g/mol.